The number of nitrogens with one attached hydrogen (secondary N) is 2. The highest BCUT2D eigenvalue weighted by Crippen LogP contribution is 1.90. The lowest BCUT2D eigenvalue weighted by Gasteiger charge is -2.14. The van der Waals surface area contributed by atoms with Crippen molar-refractivity contribution in [2.45, 2.75) is 25.8 Å². The zero-order valence-electron chi connectivity index (χ0n) is 8.88. The molecule has 4 N–H and O–H groups in total. The molecule has 1 atom stereocenters. The maximum atomic E-state index is 11.3. The second-order valence-electron chi connectivity index (χ2n) is 3.18. The first-order chi connectivity index (χ1) is 6.74. The molecular formula is C10H21N3O. The Hall–Kier alpha value is -0.870. The first-order valence-electron chi connectivity index (χ1n) is 5.05. The molecule has 0 aliphatic rings. The van der Waals surface area contributed by atoms with Crippen LogP contribution in [0.2, 0.25) is 0 Å². The Labute approximate surface area is 85.9 Å². The van der Waals surface area contributed by atoms with Gasteiger partial charge in [0.2, 0.25) is 5.91 Å². The van der Waals surface area contributed by atoms with Crippen LogP contribution in [0.5, 0.6) is 0 Å². The summed E-state index contributed by atoms with van der Waals surface area (Å²) in [5.41, 5.74) is 5.51. The molecule has 1 amide bonds. The minimum absolute atomic E-state index is 0.0462. The molecular weight excluding hydrogens is 178 g/mol. The highest BCUT2D eigenvalue weighted by molar-refractivity contribution is 5.76. The molecule has 0 bridgehead atoms. The zero-order chi connectivity index (χ0) is 10.8. The summed E-state index contributed by atoms with van der Waals surface area (Å²) in [6, 6.07) is 0.0462. The molecule has 0 aliphatic carbocycles. The van der Waals surface area contributed by atoms with E-state index in [4.69, 9.17) is 5.73 Å². The molecule has 0 aromatic carbocycles. The van der Waals surface area contributed by atoms with Crippen molar-refractivity contribution in [2.24, 2.45) is 5.73 Å². The fraction of sp³-hybridized carbons (Fsp3) is 0.700. The third-order valence-corrected chi connectivity index (χ3v) is 1.84. The number of carbonyl (C=O) groups is 1. The quantitative estimate of drug-likeness (QED) is 0.482. The van der Waals surface area contributed by atoms with Crippen LogP contribution in [0.15, 0.2) is 12.7 Å². The average molecular weight is 199 g/mol. The normalized spacial score (nSPS) is 12.1. The van der Waals surface area contributed by atoms with E-state index in [2.05, 4.69) is 17.2 Å². The average Bonchev–Trinajstić information content (AvgIpc) is 2.21. The summed E-state index contributed by atoms with van der Waals surface area (Å²) in [6.07, 6.45) is 3.15. The summed E-state index contributed by atoms with van der Waals surface area (Å²) >= 11 is 0. The Bertz CT molecular complexity index is 171. The van der Waals surface area contributed by atoms with Crippen molar-refractivity contribution in [3.63, 3.8) is 0 Å². The van der Waals surface area contributed by atoms with Gasteiger partial charge in [-0.2, -0.15) is 0 Å². The number of nitrogens with two attached hydrogens (primary N) is 1. The van der Waals surface area contributed by atoms with Crippen LogP contribution in [0, 0.1) is 0 Å². The fourth-order valence-electron chi connectivity index (χ4n) is 1.05. The third kappa shape index (κ3) is 6.62. The summed E-state index contributed by atoms with van der Waals surface area (Å²) in [5, 5.41) is 5.94. The van der Waals surface area contributed by atoms with E-state index in [-0.39, 0.29) is 11.9 Å². The molecule has 0 heterocycles. The number of amides is 1. The van der Waals surface area contributed by atoms with E-state index in [0.29, 0.717) is 19.5 Å². The van der Waals surface area contributed by atoms with Gasteiger partial charge in [0, 0.05) is 32.1 Å². The van der Waals surface area contributed by atoms with Crippen molar-refractivity contribution in [1.29, 1.82) is 0 Å². The van der Waals surface area contributed by atoms with Gasteiger partial charge in [-0.25, -0.2) is 0 Å². The second kappa shape index (κ2) is 8.72. The van der Waals surface area contributed by atoms with E-state index in [1.54, 1.807) is 6.08 Å². The maximum absolute atomic E-state index is 11.3. The van der Waals surface area contributed by atoms with E-state index < -0.39 is 0 Å². The minimum atomic E-state index is 0.0462. The number of rotatable bonds is 8. The predicted molar refractivity (Wildman–Crippen MR) is 59.0 cm³/mol. The van der Waals surface area contributed by atoms with Gasteiger partial charge in [-0.05, 0) is 6.42 Å². The van der Waals surface area contributed by atoms with Crippen LogP contribution in [0.4, 0.5) is 0 Å². The Morgan fingerprint density at radius 1 is 1.64 bits per heavy atom. The lowest BCUT2D eigenvalue weighted by molar-refractivity contribution is -0.121. The number of hydrogen-bond acceptors (Lipinski definition) is 3. The van der Waals surface area contributed by atoms with Crippen LogP contribution >= 0.6 is 0 Å². The van der Waals surface area contributed by atoms with E-state index in [0.717, 1.165) is 13.0 Å². The lowest BCUT2D eigenvalue weighted by atomic mass is 10.2. The number of hydrogen-bond donors (Lipinski definition) is 3. The van der Waals surface area contributed by atoms with Crippen LogP contribution in [0.3, 0.4) is 0 Å². The number of carbonyl (C=O) groups excluding carboxylic acids is 1. The van der Waals surface area contributed by atoms with Crippen LogP contribution in [0.25, 0.3) is 0 Å². The van der Waals surface area contributed by atoms with Crippen LogP contribution in [0.1, 0.15) is 19.8 Å². The molecule has 1 unspecified atom stereocenters. The van der Waals surface area contributed by atoms with Gasteiger partial charge in [-0.15, -0.1) is 6.58 Å². The molecule has 0 aromatic rings. The van der Waals surface area contributed by atoms with Gasteiger partial charge in [-0.3, -0.25) is 4.79 Å². The van der Waals surface area contributed by atoms with Crippen LogP contribution in [-0.2, 0) is 4.79 Å². The van der Waals surface area contributed by atoms with Gasteiger partial charge in [0.1, 0.15) is 0 Å². The molecule has 0 radical (unpaired) electrons. The standard InChI is InChI=1S/C10H21N3O/c1-3-5-12-9(8-11)7-10(14)13-6-4-2/h3,9,12H,1,4-8,11H2,2H3,(H,13,14). The molecule has 0 spiro atoms. The third-order valence-electron chi connectivity index (χ3n) is 1.84. The molecule has 0 saturated heterocycles. The van der Waals surface area contributed by atoms with Gasteiger partial charge in [0.05, 0.1) is 0 Å². The maximum Gasteiger partial charge on any atom is 0.221 e. The van der Waals surface area contributed by atoms with E-state index in [1.807, 2.05) is 6.92 Å². The van der Waals surface area contributed by atoms with Gasteiger partial charge in [0.25, 0.3) is 0 Å². The topological polar surface area (TPSA) is 67.1 Å². The molecule has 0 aromatic heterocycles. The lowest BCUT2D eigenvalue weighted by Crippen LogP contribution is -2.40. The van der Waals surface area contributed by atoms with Crippen LogP contribution in [-0.4, -0.2) is 31.6 Å². The Morgan fingerprint density at radius 3 is 2.86 bits per heavy atom. The molecule has 4 nitrogen and oxygen atoms in total. The highest BCUT2D eigenvalue weighted by atomic mass is 16.1. The zero-order valence-corrected chi connectivity index (χ0v) is 8.88. The van der Waals surface area contributed by atoms with Gasteiger partial charge in [0.15, 0.2) is 0 Å². The van der Waals surface area contributed by atoms with E-state index in [1.165, 1.54) is 0 Å². The largest absolute Gasteiger partial charge is 0.356 e. The summed E-state index contributed by atoms with van der Waals surface area (Å²) < 4.78 is 0. The van der Waals surface area contributed by atoms with Crippen molar-refractivity contribution in [3.05, 3.63) is 12.7 Å². The van der Waals surface area contributed by atoms with Crippen molar-refractivity contribution < 1.29 is 4.79 Å². The first-order valence-corrected chi connectivity index (χ1v) is 5.05. The predicted octanol–water partition coefficient (Wildman–Crippen LogP) is 0.00560. The van der Waals surface area contributed by atoms with Crippen molar-refractivity contribution in [3.8, 4) is 0 Å². The Balaban J connectivity index is 3.67. The van der Waals surface area contributed by atoms with Crippen LogP contribution < -0.4 is 16.4 Å². The van der Waals surface area contributed by atoms with Crippen molar-refractivity contribution in [1.82, 2.24) is 10.6 Å². The summed E-state index contributed by atoms with van der Waals surface area (Å²) in [6.45, 7) is 7.50. The summed E-state index contributed by atoms with van der Waals surface area (Å²) in [5.74, 6) is 0.0545. The van der Waals surface area contributed by atoms with Crippen molar-refractivity contribution in [2.75, 3.05) is 19.6 Å². The summed E-state index contributed by atoms with van der Waals surface area (Å²) in [4.78, 5) is 11.3. The highest BCUT2D eigenvalue weighted by Gasteiger charge is 2.09. The van der Waals surface area contributed by atoms with Gasteiger partial charge in [-0.1, -0.05) is 13.0 Å². The Kier molecular flexibility index (Phi) is 8.17. The molecule has 0 fully saturated rings. The van der Waals surface area contributed by atoms with Gasteiger partial charge < -0.3 is 16.4 Å². The fourth-order valence-corrected chi connectivity index (χ4v) is 1.05. The van der Waals surface area contributed by atoms with E-state index in [9.17, 15) is 4.79 Å². The molecule has 0 rings (SSSR count). The van der Waals surface area contributed by atoms with E-state index >= 15 is 0 Å². The monoisotopic (exact) mass is 199 g/mol. The first kappa shape index (κ1) is 13.1. The van der Waals surface area contributed by atoms with Gasteiger partial charge >= 0.3 is 0 Å². The smallest absolute Gasteiger partial charge is 0.221 e. The summed E-state index contributed by atoms with van der Waals surface area (Å²) in [7, 11) is 0. The SMILES string of the molecule is C=CCNC(CN)CC(=O)NCCC. The molecule has 82 valence electrons. The van der Waals surface area contributed by atoms with Crippen molar-refractivity contribution >= 4 is 5.91 Å². The molecule has 14 heavy (non-hydrogen) atoms. The minimum Gasteiger partial charge on any atom is -0.356 e. The molecule has 0 aliphatic heterocycles. The molecule has 4 heteroatoms. The molecule has 0 saturated carbocycles. The Morgan fingerprint density at radius 2 is 2.36 bits per heavy atom. The second-order valence-corrected chi connectivity index (χ2v) is 3.18.